The number of carbonyl (C=O) groups is 2. The number of benzene rings is 1. The number of fused-ring (bicyclic) bond motifs is 1. The fraction of sp³-hybridized carbons (Fsp3) is 0.579. The molecule has 1 amide bonds. The molecule has 2 heterocycles. The van der Waals surface area contributed by atoms with Crippen molar-refractivity contribution in [2.45, 2.75) is 51.7 Å². The van der Waals surface area contributed by atoms with E-state index in [1.54, 1.807) is 4.90 Å². The molecule has 1 atom stereocenters. The smallest absolute Gasteiger partial charge is 0.305 e. The number of carboxylic acid groups (broad SMARTS) is 1. The molecule has 1 aromatic rings. The highest BCUT2D eigenvalue weighted by molar-refractivity contribution is 5.83. The van der Waals surface area contributed by atoms with Gasteiger partial charge < -0.3 is 19.5 Å². The monoisotopic (exact) mass is 347 g/mol. The van der Waals surface area contributed by atoms with E-state index in [0.29, 0.717) is 19.6 Å². The number of rotatable bonds is 5. The Morgan fingerprint density at radius 3 is 2.56 bits per heavy atom. The molecule has 1 N–H and O–H groups in total. The Morgan fingerprint density at radius 2 is 1.88 bits per heavy atom. The van der Waals surface area contributed by atoms with Crippen molar-refractivity contribution in [1.82, 2.24) is 4.90 Å². The van der Waals surface area contributed by atoms with E-state index in [0.717, 1.165) is 29.7 Å². The number of carboxylic acids is 1. The number of hydrogen-bond donors (Lipinski definition) is 1. The average Bonchev–Trinajstić information content (AvgIpc) is 2.99. The highest BCUT2D eigenvalue weighted by atomic mass is 16.5. The summed E-state index contributed by atoms with van der Waals surface area (Å²) in [4.78, 5) is 25.8. The molecule has 2 aliphatic rings. The minimum atomic E-state index is -0.897. The lowest BCUT2D eigenvalue weighted by Gasteiger charge is -2.35. The summed E-state index contributed by atoms with van der Waals surface area (Å²) in [6.07, 6.45) is 1.41. The first-order valence-corrected chi connectivity index (χ1v) is 8.82. The van der Waals surface area contributed by atoms with Crippen molar-refractivity contribution < 1.29 is 24.2 Å². The van der Waals surface area contributed by atoms with Crippen LogP contribution in [0.4, 0.5) is 0 Å². The molecule has 0 aliphatic carbocycles. The Balaban J connectivity index is 1.74. The Bertz CT molecular complexity index is 635. The maximum atomic E-state index is 13.1. The molecule has 0 bridgehead atoms. The number of aryl methyl sites for hydroxylation is 2. The first-order valence-electron chi connectivity index (χ1n) is 8.82. The van der Waals surface area contributed by atoms with Crippen LogP contribution in [0.3, 0.4) is 0 Å². The van der Waals surface area contributed by atoms with E-state index in [9.17, 15) is 9.59 Å². The molecular weight excluding hydrogens is 322 g/mol. The molecule has 6 heteroatoms. The maximum absolute atomic E-state index is 13.1. The minimum absolute atomic E-state index is 0.0244. The standard InChI is InChI=1S/C19H25NO5/c1-12-9-14-11-17(25-16(14)10-13(12)2)19(23)20(6-3-18(21)22)15-4-7-24-8-5-15/h9-10,15,17H,3-8,11H2,1-2H3,(H,21,22)/t17-/m1/s1. The third-order valence-electron chi connectivity index (χ3n) is 5.11. The third-order valence-corrected chi connectivity index (χ3v) is 5.11. The molecule has 0 aromatic heterocycles. The fourth-order valence-electron chi connectivity index (χ4n) is 3.52. The van der Waals surface area contributed by atoms with Crippen molar-refractivity contribution >= 4 is 11.9 Å². The predicted octanol–water partition coefficient (Wildman–Crippen LogP) is 2.09. The number of amides is 1. The summed E-state index contributed by atoms with van der Waals surface area (Å²) in [5.74, 6) is -0.238. The van der Waals surface area contributed by atoms with Crippen molar-refractivity contribution in [1.29, 1.82) is 0 Å². The number of hydrogen-bond acceptors (Lipinski definition) is 4. The van der Waals surface area contributed by atoms with Crippen LogP contribution in [0.25, 0.3) is 0 Å². The van der Waals surface area contributed by atoms with Crippen molar-refractivity contribution in [2.24, 2.45) is 0 Å². The highest BCUT2D eigenvalue weighted by Crippen LogP contribution is 2.32. The van der Waals surface area contributed by atoms with Gasteiger partial charge in [0.1, 0.15) is 5.75 Å². The summed E-state index contributed by atoms with van der Waals surface area (Å²) in [5, 5.41) is 9.02. The molecule has 25 heavy (non-hydrogen) atoms. The second-order valence-corrected chi connectivity index (χ2v) is 6.87. The summed E-state index contributed by atoms with van der Waals surface area (Å²) in [6, 6.07) is 4.08. The molecule has 1 fully saturated rings. The van der Waals surface area contributed by atoms with Crippen molar-refractivity contribution in [2.75, 3.05) is 19.8 Å². The third kappa shape index (κ3) is 3.95. The van der Waals surface area contributed by atoms with E-state index in [1.165, 1.54) is 5.56 Å². The number of aliphatic carboxylic acids is 1. The average molecular weight is 347 g/mol. The van der Waals surface area contributed by atoms with Gasteiger partial charge in [0.15, 0.2) is 6.10 Å². The Hall–Kier alpha value is -2.08. The second-order valence-electron chi connectivity index (χ2n) is 6.87. The molecular formula is C19H25NO5. The Kier molecular flexibility index (Phi) is 5.27. The van der Waals surface area contributed by atoms with Crippen LogP contribution in [-0.4, -0.2) is 53.8 Å². The van der Waals surface area contributed by atoms with Gasteiger partial charge in [0.05, 0.1) is 6.42 Å². The van der Waals surface area contributed by atoms with Gasteiger partial charge >= 0.3 is 5.97 Å². The predicted molar refractivity (Wildman–Crippen MR) is 91.8 cm³/mol. The molecule has 2 aliphatic heterocycles. The molecule has 1 saturated heterocycles. The first-order chi connectivity index (χ1) is 12.0. The Morgan fingerprint density at radius 1 is 1.20 bits per heavy atom. The summed E-state index contributed by atoms with van der Waals surface area (Å²) in [6.45, 7) is 5.49. The molecule has 6 nitrogen and oxygen atoms in total. The van der Waals surface area contributed by atoms with Crippen LogP contribution >= 0.6 is 0 Å². The number of ether oxygens (including phenoxy) is 2. The molecule has 3 rings (SSSR count). The largest absolute Gasteiger partial charge is 0.481 e. The normalized spacial score (nSPS) is 20.0. The van der Waals surface area contributed by atoms with E-state index in [4.69, 9.17) is 14.6 Å². The summed E-state index contributed by atoms with van der Waals surface area (Å²) in [7, 11) is 0. The number of nitrogens with zero attached hydrogens (tertiary/aromatic N) is 1. The van der Waals surface area contributed by atoms with Crippen LogP contribution in [0.2, 0.25) is 0 Å². The molecule has 0 radical (unpaired) electrons. The van der Waals surface area contributed by atoms with Gasteiger partial charge in [-0.25, -0.2) is 0 Å². The zero-order valence-electron chi connectivity index (χ0n) is 14.8. The quantitative estimate of drug-likeness (QED) is 0.883. The van der Waals surface area contributed by atoms with E-state index in [1.807, 2.05) is 19.9 Å². The van der Waals surface area contributed by atoms with Gasteiger partial charge in [-0.15, -0.1) is 0 Å². The summed E-state index contributed by atoms with van der Waals surface area (Å²) in [5.41, 5.74) is 3.37. The van der Waals surface area contributed by atoms with Crippen LogP contribution in [0, 0.1) is 13.8 Å². The lowest BCUT2D eigenvalue weighted by Crippen LogP contribution is -2.49. The summed E-state index contributed by atoms with van der Waals surface area (Å²) < 4.78 is 11.3. The van der Waals surface area contributed by atoms with Crippen LogP contribution in [0.5, 0.6) is 5.75 Å². The topological polar surface area (TPSA) is 76.1 Å². The first kappa shape index (κ1) is 17.7. The minimum Gasteiger partial charge on any atom is -0.481 e. The lowest BCUT2D eigenvalue weighted by atomic mass is 10.0. The van der Waals surface area contributed by atoms with E-state index >= 15 is 0 Å². The van der Waals surface area contributed by atoms with Gasteiger partial charge in [-0.05, 0) is 49.4 Å². The van der Waals surface area contributed by atoms with Crippen LogP contribution in [-0.2, 0) is 20.7 Å². The van der Waals surface area contributed by atoms with Gasteiger partial charge in [-0.3, -0.25) is 9.59 Å². The lowest BCUT2D eigenvalue weighted by molar-refractivity contribution is -0.144. The van der Waals surface area contributed by atoms with Crippen molar-refractivity contribution in [3.8, 4) is 5.75 Å². The Labute approximate surface area is 147 Å². The van der Waals surface area contributed by atoms with E-state index < -0.39 is 12.1 Å². The molecule has 0 spiro atoms. The molecule has 136 valence electrons. The number of carbonyl (C=O) groups excluding carboxylic acids is 1. The van der Waals surface area contributed by atoms with Crippen LogP contribution < -0.4 is 4.74 Å². The maximum Gasteiger partial charge on any atom is 0.305 e. The van der Waals surface area contributed by atoms with E-state index in [-0.39, 0.29) is 24.9 Å². The summed E-state index contributed by atoms with van der Waals surface area (Å²) >= 11 is 0. The SMILES string of the molecule is Cc1cc2c(cc1C)O[C@@H](C(=O)N(CCC(=O)O)C1CCOCC1)C2. The molecule has 0 saturated carbocycles. The van der Waals surface area contributed by atoms with Gasteiger partial charge in [-0.2, -0.15) is 0 Å². The van der Waals surface area contributed by atoms with Gasteiger partial charge in [0.25, 0.3) is 5.91 Å². The van der Waals surface area contributed by atoms with Crippen LogP contribution in [0.15, 0.2) is 12.1 Å². The fourth-order valence-corrected chi connectivity index (χ4v) is 3.52. The molecule has 1 aromatic carbocycles. The van der Waals surface area contributed by atoms with Gasteiger partial charge in [-0.1, -0.05) is 6.07 Å². The second kappa shape index (κ2) is 7.44. The zero-order valence-corrected chi connectivity index (χ0v) is 14.8. The van der Waals surface area contributed by atoms with Crippen molar-refractivity contribution in [3.63, 3.8) is 0 Å². The zero-order chi connectivity index (χ0) is 18.0. The van der Waals surface area contributed by atoms with Crippen LogP contribution in [0.1, 0.15) is 36.0 Å². The van der Waals surface area contributed by atoms with E-state index in [2.05, 4.69) is 6.07 Å². The van der Waals surface area contributed by atoms with Crippen molar-refractivity contribution in [3.05, 3.63) is 28.8 Å². The highest BCUT2D eigenvalue weighted by Gasteiger charge is 2.36. The molecule has 0 unspecified atom stereocenters. The van der Waals surface area contributed by atoms with Gasteiger partial charge in [0, 0.05) is 32.2 Å². The van der Waals surface area contributed by atoms with Gasteiger partial charge in [0.2, 0.25) is 0 Å².